The third-order valence-corrected chi connectivity index (χ3v) is 15.8. The Kier molecular flexibility index (Phi) is 9.56. The van der Waals surface area contributed by atoms with E-state index in [2.05, 4.69) is 184 Å². The molecule has 0 heterocycles. The molecule has 2 heteroatoms. The van der Waals surface area contributed by atoms with Crippen LogP contribution in [-0.4, -0.2) is 0 Å². The molecule has 2 aliphatic carbocycles. The Morgan fingerprint density at radius 1 is 0.673 bits per heavy atom. The summed E-state index contributed by atoms with van der Waals surface area (Å²) in [5.74, 6) is 0. The van der Waals surface area contributed by atoms with E-state index < -0.39 is 7.26 Å². The molecule has 0 aliphatic heterocycles. The summed E-state index contributed by atoms with van der Waals surface area (Å²) in [5, 5.41) is 5.34. The summed E-state index contributed by atoms with van der Waals surface area (Å²) in [7, 11) is -2.39. The summed E-state index contributed by atoms with van der Waals surface area (Å²) >= 11 is 1.87. The second-order valence-corrected chi connectivity index (χ2v) is 17.5. The zero-order valence-corrected chi connectivity index (χ0v) is 32.3. The van der Waals surface area contributed by atoms with Gasteiger partial charge in [-0.25, -0.2) is 0 Å². The van der Waals surface area contributed by atoms with Crippen molar-refractivity contribution >= 4 is 34.8 Å². The predicted octanol–water partition coefficient (Wildman–Crippen LogP) is 11.3. The van der Waals surface area contributed by atoms with Crippen LogP contribution in [0.25, 0.3) is 22.8 Å². The Morgan fingerprint density at radius 2 is 1.20 bits per heavy atom. The van der Waals surface area contributed by atoms with Crippen molar-refractivity contribution in [2.24, 2.45) is 0 Å². The summed E-state index contributed by atoms with van der Waals surface area (Å²) in [6.45, 7) is 9.08. The molecule has 5 aromatic carbocycles. The van der Waals surface area contributed by atoms with E-state index in [0.717, 1.165) is 12.8 Å². The van der Waals surface area contributed by atoms with Crippen LogP contribution in [0.4, 0.5) is 0 Å². The molecule has 5 aromatic rings. The summed E-state index contributed by atoms with van der Waals surface area (Å²) in [6, 6.07) is 48.0. The first-order valence-corrected chi connectivity index (χ1v) is 20.4. The van der Waals surface area contributed by atoms with E-state index in [1.54, 1.807) is 0 Å². The van der Waals surface area contributed by atoms with Gasteiger partial charge in [0.2, 0.25) is 0 Å². The molecule has 7 rings (SSSR count). The van der Waals surface area contributed by atoms with Gasteiger partial charge in [0.05, 0.1) is 0 Å². The van der Waals surface area contributed by atoms with E-state index in [-0.39, 0.29) is 5.41 Å². The molecule has 0 spiro atoms. The van der Waals surface area contributed by atoms with Gasteiger partial charge in [-0.15, -0.1) is 0 Å². The Hall–Kier alpha value is -4.09. The van der Waals surface area contributed by atoms with Crippen molar-refractivity contribution in [2.45, 2.75) is 52.4 Å². The number of rotatable bonds is 7. The van der Waals surface area contributed by atoms with Gasteiger partial charge in [0, 0.05) is 0 Å². The van der Waals surface area contributed by atoms with E-state index in [1.165, 1.54) is 77.7 Å². The third kappa shape index (κ3) is 5.84. The van der Waals surface area contributed by atoms with Crippen LogP contribution in [0.2, 0.25) is 0 Å². The molecule has 0 nitrogen and oxygen atoms in total. The molecule has 0 radical (unpaired) electrons. The number of hydrogen-bond donors (Lipinski definition) is 0. The first kappa shape index (κ1) is 33.4. The van der Waals surface area contributed by atoms with Crippen LogP contribution in [0, 0.1) is 4.37 Å². The van der Waals surface area contributed by atoms with Crippen LogP contribution in [0.1, 0.15) is 69.2 Å². The van der Waals surface area contributed by atoms with Gasteiger partial charge >= 0.3 is 298 Å². The molecule has 0 unspecified atom stereocenters. The molecule has 0 amide bonds. The van der Waals surface area contributed by atoms with Crippen LogP contribution >= 0.6 is 7.26 Å². The molecular formula is C47H43OsP+. The maximum absolute atomic E-state index is 3.96. The van der Waals surface area contributed by atoms with Crippen molar-refractivity contribution in [1.29, 1.82) is 0 Å². The molecule has 49 heavy (non-hydrogen) atoms. The van der Waals surface area contributed by atoms with Crippen molar-refractivity contribution in [3.8, 4) is 15.5 Å². The number of fused-ring (bicyclic) bond motifs is 3. The summed E-state index contributed by atoms with van der Waals surface area (Å²) in [6.07, 6.45) is 12.7. The van der Waals surface area contributed by atoms with E-state index >= 15 is 0 Å². The van der Waals surface area contributed by atoms with Crippen LogP contribution in [0.15, 0.2) is 162 Å². The monoisotopic (exact) mass is 830 g/mol. The van der Waals surface area contributed by atoms with Crippen molar-refractivity contribution in [3.63, 3.8) is 0 Å². The SMILES string of the molecule is CC=C1CCCC1=CC(=C([C]#[Os])[P+](c1ccccc1)(c1ccccc1)c1ccccc1)c1ccc2c(c1)C(C)(C)c1cc(/C=C/C)ccc1-2. The molecule has 1 saturated carbocycles. The molecule has 243 valence electrons. The van der Waals surface area contributed by atoms with Gasteiger partial charge in [0.1, 0.15) is 0 Å². The molecule has 1 fully saturated rings. The summed E-state index contributed by atoms with van der Waals surface area (Å²) in [4.78, 5) is 0. The molecule has 0 saturated heterocycles. The molecular weight excluding hydrogens is 786 g/mol. The Morgan fingerprint density at radius 3 is 1.73 bits per heavy atom. The minimum absolute atomic E-state index is 0.121. The Bertz CT molecular complexity index is 2080. The molecule has 0 N–H and O–H groups in total. The van der Waals surface area contributed by atoms with Gasteiger partial charge in [-0.2, -0.15) is 0 Å². The van der Waals surface area contributed by atoms with Gasteiger partial charge in [0.25, 0.3) is 0 Å². The van der Waals surface area contributed by atoms with Crippen molar-refractivity contribution in [1.82, 2.24) is 0 Å². The standard InChI is InChI=1S/C47H43P.Os/c1-6-18-35-27-29-42-43-30-28-38(33-46(43)47(4,5)45(42)31-35)44(32-37-20-17-19-36(37)7-2)34(3)48(39-21-11-8-12-22-39,40-23-13-9-14-24-40)41-25-15-10-16-26-41;/h6-16,18,21-33H,17,19-20H2,1-2,4-5H3;/q+1;/b18-6+,36-7?,37-32?,44-34?;. The number of benzene rings is 5. The van der Waals surface area contributed by atoms with Gasteiger partial charge in [-0.05, 0) is 6.92 Å². The molecule has 0 bridgehead atoms. The predicted molar refractivity (Wildman–Crippen MR) is 210 cm³/mol. The van der Waals surface area contributed by atoms with Crippen molar-refractivity contribution < 1.29 is 17.9 Å². The number of hydrogen-bond acceptors (Lipinski definition) is 0. The topological polar surface area (TPSA) is 0 Å². The van der Waals surface area contributed by atoms with Crippen LogP contribution in [-0.2, 0) is 23.4 Å². The van der Waals surface area contributed by atoms with Crippen LogP contribution in [0.3, 0.4) is 0 Å². The average molecular weight is 829 g/mol. The zero-order valence-electron chi connectivity index (χ0n) is 28.9. The first-order chi connectivity index (χ1) is 23.9. The van der Waals surface area contributed by atoms with Crippen molar-refractivity contribution in [2.75, 3.05) is 0 Å². The van der Waals surface area contributed by atoms with Gasteiger partial charge in [-0.1, -0.05) is 0 Å². The van der Waals surface area contributed by atoms with E-state index in [9.17, 15) is 0 Å². The van der Waals surface area contributed by atoms with E-state index in [4.69, 9.17) is 0 Å². The fourth-order valence-corrected chi connectivity index (χ4v) is 13.9. The quantitative estimate of drug-likeness (QED) is 0.143. The normalized spacial score (nSPS) is 17.2. The summed E-state index contributed by atoms with van der Waals surface area (Å²) < 4.78 is 3.96. The maximum atomic E-state index is 3.96. The third-order valence-electron chi connectivity index (χ3n) is 10.4. The van der Waals surface area contributed by atoms with Gasteiger partial charge in [-0.3, -0.25) is 0 Å². The van der Waals surface area contributed by atoms with Gasteiger partial charge in [0.15, 0.2) is 0 Å². The van der Waals surface area contributed by atoms with Crippen LogP contribution in [0.5, 0.6) is 0 Å². The second-order valence-electron chi connectivity index (χ2n) is 13.6. The molecule has 2 aliphatic rings. The van der Waals surface area contributed by atoms with E-state index in [0.29, 0.717) is 0 Å². The molecule has 0 aromatic heterocycles. The van der Waals surface area contributed by atoms with Crippen LogP contribution < -0.4 is 15.9 Å². The minimum atomic E-state index is -2.39. The Balaban J connectivity index is 1.59. The number of allylic oxidation sites excluding steroid dienone is 7. The first-order valence-electron chi connectivity index (χ1n) is 17.4. The zero-order chi connectivity index (χ0) is 34.0. The second kappa shape index (κ2) is 14.0. The fraction of sp³-hybridized carbons (Fsp3) is 0.170. The van der Waals surface area contributed by atoms with E-state index in [1.807, 2.05) is 17.9 Å². The molecule has 0 atom stereocenters. The fourth-order valence-electron chi connectivity index (χ4n) is 8.04. The summed E-state index contributed by atoms with van der Waals surface area (Å²) in [5.41, 5.74) is 12.1. The Labute approximate surface area is 303 Å². The van der Waals surface area contributed by atoms with Crippen molar-refractivity contribution in [3.05, 3.63) is 184 Å². The van der Waals surface area contributed by atoms with Gasteiger partial charge < -0.3 is 0 Å². The average Bonchev–Trinajstić information content (AvgIpc) is 3.69.